The maximum Gasteiger partial charge on any atom is 0.228 e. The van der Waals surface area contributed by atoms with Crippen molar-refractivity contribution in [1.29, 1.82) is 0 Å². The molecule has 2 aliphatic rings. The first kappa shape index (κ1) is 12.9. The number of carbonyl (C=O) groups excluding carboxylic acids is 1. The molecule has 2 fully saturated rings. The molecule has 1 N–H and O–H groups in total. The Labute approximate surface area is 105 Å². The fourth-order valence-corrected chi connectivity index (χ4v) is 3.50. The predicted octanol–water partition coefficient (Wildman–Crippen LogP) is 2.17. The van der Waals surface area contributed by atoms with Gasteiger partial charge in [0, 0.05) is 25.0 Å². The molecule has 0 radical (unpaired) electrons. The summed E-state index contributed by atoms with van der Waals surface area (Å²) in [5.74, 6) is 0.395. The van der Waals surface area contributed by atoms with Crippen molar-refractivity contribution in [2.45, 2.75) is 57.9 Å². The second-order valence-electron chi connectivity index (χ2n) is 5.82. The smallest absolute Gasteiger partial charge is 0.228 e. The lowest BCUT2D eigenvalue weighted by molar-refractivity contribution is -0.141. The van der Waals surface area contributed by atoms with E-state index in [1.807, 2.05) is 11.9 Å². The lowest BCUT2D eigenvalue weighted by Crippen LogP contribution is -2.45. The van der Waals surface area contributed by atoms with Crippen molar-refractivity contribution in [2.24, 2.45) is 5.41 Å². The number of nitrogens with zero attached hydrogens (tertiary/aromatic N) is 1. The van der Waals surface area contributed by atoms with Crippen molar-refractivity contribution in [2.75, 3.05) is 20.1 Å². The quantitative estimate of drug-likeness (QED) is 0.814. The lowest BCUT2D eigenvalue weighted by atomic mass is 9.82. The van der Waals surface area contributed by atoms with Gasteiger partial charge in [0.2, 0.25) is 5.91 Å². The highest BCUT2D eigenvalue weighted by atomic mass is 16.2. The molecule has 0 spiro atoms. The van der Waals surface area contributed by atoms with Gasteiger partial charge in [-0.2, -0.15) is 0 Å². The van der Waals surface area contributed by atoms with E-state index in [9.17, 15) is 4.79 Å². The predicted molar refractivity (Wildman–Crippen MR) is 69.9 cm³/mol. The van der Waals surface area contributed by atoms with Gasteiger partial charge in [-0.25, -0.2) is 0 Å². The Morgan fingerprint density at radius 1 is 1.35 bits per heavy atom. The van der Waals surface area contributed by atoms with Crippen molar-refractivity contribution in [3.63, 3.8) is 0 Å². The Kier molecular flexibility index (Phi) is 4.08. The summed E-state index contributed by atoms with van der Waals surface area (Å²) in [5.41, 5.74) is -0.0205. The topological polar surface area (TPSA) is 32.3 Å². The molecule has 0 aromatic carbocycles. The van der Waals surface area contributed by atoms with Gasteiger partial charge in [0.15, 0.2) is 0 Å². The van der Waals surface area contributed by atoms with E-state index in [2.05, 4.69) is 12.2 Å². The second kappa shape index (κ2) is 5.38. The van der Waals surface area contributed by atoms with Crippen molar-refractivity contribution >= 4 is 5.91 Å². The SMILES string of the molecule is CCC1(C(=O)N(C)CC2CCCN2)CCCC1. The summed E-state index contributed by atoms with van der Waals surface area (Å²) in [6.45, 7) is 4.18. The number of hydrogen-bond acceptors (Lipinski definition) is 2. The summed E-state index contributed by atoms with van der Waals surface area (Å²) in [5, 5.41) is 3.47. The van der Waals surface area contributed by atoms with Crippen LogP contribution in [0.1, 0.15) is 51.9 Å². The Morgan fingerprint density at radius 2 is 2.06 bits per heavy atom. The molecule has 17 heavy (non-hydrogen) atoms. The lowest BCUT2D eigenvalue weighted by Gasteiger charge is -2.32. The van der Waals surface area contributed by atoms with Crippen LogP contribution in [0.2, 0.25) is 0 Å². The molecule has 3 nitrogen and oxygen atoms in total. The Morgan fingerprint density at radius 3 is 2.59 bits per heavy atom. The van der Waals surface area contributed by atoms with Crippen molar-refractivity contribution in [3.05, 3.63) is 0 Å². The van der Waals surface area contributed by atoms with E-state index in [0.29, 0.717) is 11.9 Å². The molecule has 0 bridgehead atoms. The molecule has 1 amide bonds. The van der Waals surface area contributed by atoms with Gasteiger partial charge in [-0.05, 0) is 38.6 Å². The third-order valence-electron chi connectivity index (χ3n) is 4.69. The maximum atomic E-state index is 12.6. The molecule has 3 heteroatoms. The molecule has 1 heterocycles. The van der Waals surface area contributed by atoms with Crippen molar-refractivity contribution in [3.8, 4) is 0 Å². The molecular formula is C14H26N2O. The average molecular weight is 238 g/mol. The number of carbonyl (C=O) groups is 1. The zero-order chi connectivity index (χ0) is 12.3. The Balaban J connectivity index is 1.93. The van der Waals surface area contributed by atoms with Crippen LogP contribution < -0.4 is 5.32 Å². The van der Waals surface area contributed by atoms with E-state index in [0.717, 1.165) is 32.4 Å². The third-order valence-corrected chi connectivity index (χ3v) is 4.69. The number of likely N-dealkylation sites (N-methyl/N-ethyl adjacent to an activating group) is 1. The molecule has 1 aliphatic carbocycles. The summed E-state index contributed by atoms with van der Waals surface area (Å²) in [4.78, 5) is 14.6. The van der Waals surface area contributed by atoms with Gasteiger partial charge in [-0.3, -0.25) is 4.79 Å². The number of amides is 1. The van der Waals surface area contributed by atoms with Crippen LogP contribution in [0.5, 0.6) is 0 Å². The summed E-state index contributed by atoms with van der Waals surface area (Å²) in [6.07, 6.45) is 8.15. The minimum atomic E-state index is -0.0205. The minimum absolute atomic E-state index is 0.0205. The van der Waals surface area contributed by atoms with Crippen LogP contribution in [0.25, 0.3) is 0 Å². The highest BCUT2D eigenvalue weighted by Gasteiger charge is 2.41. The highest BCUT2D eigenvalue weighted by molar-refractivity contribution is 5.82. The monoisotopic (exact) mass is 238 g/mol. The highest BCUT2D eigenvalue weighted by Crippen LogP contribution is 2.42. The number of nitrogens with one attached hydrogen (secondary N) is 1. The summed E-state index contributed by atoms with van der Waals surface area (Å²) < 4.78 is 0. The van der Waals surface area contributed by atoms with E-state index in [-0.39, 0.29) is 5.41 Å². The average Bonchev–Trinajstić information content (AvgIpc) is 2.99. The van der Waals surface area contributed by atoms with E-state index >= 15 is 0 Å². The van der Waals surface area contributed by atoms with E-state index in [4.69, 9.17) is 0 Å². The van der Waals surface area contributed by atoms with Crippen LogP contribution in [0.4, 0.5) is 0 Å². The van der Waals surface area contributed by atoms with Crippen LogP contribution in [0.15, 0.2) is 0 Å². The second-order valence-corrected chi connectivity index (χ2v) is 5.82. The largest absolute Gasteiger partial charge is 0.344 e. The summed E-state index contributed by atoms with van der Waals surface area (Å²) >= 11 is 0. The number of rotatable bonds is 4. The van der Waals surface area contributed by atoms with Crippen LogP contribution in [0.3, 0.4) is 0 Å². The fourth-order valence-electron chi connectivity index (χ4n) is 3.50. The first-order valence-electron chi connectivity index (χ1n) is 7.17. The first-order valence-corrected chi connectivity index (χ1v) is 7.17. The van der Waals surface area contributed by atoms with Crippen LogP contribution in [-0.2, 0) is 4.79 Å². The van der Waals surface area contributed by atoms with Crippen LogP contribution >= 0.6 is 0 Å². The molecule has 98 valence electrons. The van der Waals surface area contributed by atoms with Crippen LogP contribution in [0, 0.1) is 5.41 Å². The summed E-state index contributed by atoms with van der Waals surface area (Å²) in [6, 6.07) is 0.527. The zero-order valence-corrected chi connectivity index (χ0v) is 11.3. The molecule has 1 aliphatic heterocycles. The van der Waals surface area contributed by atoms with Gasteiger partial charge in [-0.15, -0.1) is 0 Å². The van der Waals surface area contributed by atoms with Gasteiger partial charge < -0.3 is 10.2 Å². The van der Waals surface area contributed by atoms with Gasteiger partial charge in [0.1, 0.15) is 0 Å². The normalized spacial score (nSPS) is 27.3. The molecule has 2 rings (SSSR count). The summed E-state index contributed by atoms with van der Waals surface area (Å²) in [7, 11) is 1.98. The first-order chi connectivity index (χ1) is 8.18. The minimum Gasteiger partial charge on any atom is -0.344 e. The molecule has 0 aromatic heterocycles. The fraction of sp³-hybridized carbons (Fsp3) is 0.929. The molecule has 1 saturated heterocycles. The van der Waals surface area contributed by atoms with E-state index in [1.165, 1.54) is 25.7 Å². The molecule has 1 atom stereocenters. The van der Waals surface area contributed by atoms with Gasteiger partial charge in [-0.1, -0.05) is 19.8 Å². The molecule has 1 unspecified atom stereocenters. The molecule has 0 aromatic rings. The van der Waals surface area contributed by atoms with Gasteiger partial charge in [0.25, 0.3) is 0 Å². The Hall–Kier alpha value is -0.570. The van der Waals surface area contributed by atoms with Crippen molar-refractivity contribution < 1.29 is 4.79 Å². The Bertz CT molecular complexity index is 265. The standard InChI is InChI=1S/C14H26N2O/c1-3-14(8-4-5-9-14)13(17)16(2)11-12-7-6-10-15-12/h12,15H,3-11H2,1-2H3. The van der Waals surface area contributed by atoms with Crippen LogP contribution in [-0.4, -0.2) is 37.0 Å². The third kappa shape index (κ3) is 2.65. The molecular weight excluding hydrogens is 212 g/mol. The molecule has 1 saturated carbocycles. The van der Waals surface area contributed by atoms with E-state index in [1.54, 1.807) is 0 Å². The van der Waals surface area contributed by atoms with Gasteiger partial charge in [0.05, 0.1) is 0 Å². The number of hydrogen-bond donors (Lipinski definition) is 1. The zero-order valence-electron chi connectivity index (χ0n) is 11.3. The van der Waals surface area contributed by atoms with Gasteiger partial charge >= 0.3 is 0 Å². The van der Waals surface area contributed by atoms with E-state index < -0.39 is 0 Å². The van der Waals surface area contributed by atoms with Crippen molar-refractivity contribution in [1.82, 2.24) is 10.2 Å². The maximum absolute atomic E-state index is 12.6.